The zero-order valence-corrected chi connectivity index (χ0v) is 9.14. The van der Waals surface area contributed by atoms with E-state index in [1.807, 2.05) is 4.90 Å². The Bertz CT molecular complexity index is 497. The predicted octanol–water partition coefficient (Wildman–Crippen LogP) is -1.18. The Labute approximate surface area is 96.7 Å². The molecule has 0 fully saturated rings. The fourth-order valence-electron chi connectivity index (χ4n) is 1.93. The number of H-pyrrole nitrogens is 1. The van der Waals surface area contributed by atoms with Crippen molar-refractivity contribution in [3.63, 3.8) is 0 Å². The summed E-state index contributed by atoms with van der Waals surface area (Å²) in [5.74, 6) is -1.58. The molecule has 7 heteroatoms. The lowest BCUT2D eigenvalue weighted by Gasteiger charge is -2.26. The number of carboxylic acid groups (broad SMARTS) is 1. The molecule has 3 N–H and O–H groups in total. The highest BCUT2D eigenvalue weighted by atomic mass is 16.4. The number of hydrogen-bond acceptors (Lipinski definition) is 5. The first-order valence-corrected chi connectivity index (χ1v) is 5.30. The van der Waals surface area contributed by atoms with Crippen LogP contribution in [-0.2, 0) is 13.0 Å². The third kappa shape index (κ3) is 2.34. The minimum atomic E-state index is -1.25. The summed E-state index contributed by atoms with van der Waals surface area (Å²) in [5, 5.41) is 17.6. The van der Waals surface area contributed by atoms with Gasteiger partial charge in [0, 0.05) is 25.2 Å². The molecular formula is C10H13N3O4. The summed E-state index contributed by atoms with van der Waals surface area (Å²) in [6, 6.07) is 0. The molecule has 0 unspecified atom stereocenters. The Balaban J connectivity index is 2.35. The number of nitrogens with zero attached hydrogens (tertiary/aromatic N) is 2. The Morgan fingerprint density at radius 2 is 2.29 bits per heavy atom. The average Bonchev–Trinajstić information content (AvgIpc) is 2.28. The Kier molecular flexibility index (Phi) is 3.21. The summed E-state index contributed by atoms with van der Waals surface area (Å²) < 4.78 is 0. The van der Waals surface area contributed by atoms with Gasteiger partial charge >= 0.3 is 5.97 Å². The molecular weight excluding hydrogens is 226 g/mol. The molecule has 2 rings (SSSR count). The molecule has 0 amide bonds. The molecule has 0 aromatic carbocycles. The lowest BCUT2D eigenvalue weighted by Crippen LogP contribution is -2.37. The molecule has 2 heterocycles. The smallest absolute Gasteiger partial charge is 0.372 e. The van der Waals surface area contributed by atoms with Gasteiger partial charge < -0.3 is 15.2 Å². The number of aromatic amines is 1. The van der Waals surface area contributed by atoms with Crippen LogP contribution in [0.3, 0.4) is 0 Å². The summed E-state index contributed by atoms with van der Waals surface area (Å²) in [4.78, 5) is 30.5. The van der Waals surface area contributed by atoms with Crippen molar-refractivity contribution in [1.29, 1.82) is 0 Å². The van der Waals surface area contributed by atoms with Crippen molar-refractivity contribution >= 4 is 5.97 Å². The van der Waals surface area contributed by atoms with E-state index < -0.39 is 5.97 Å². The maximum absolute atomic E-state index is 11.6. The molecule has 1 aliphatic heterocycles. The number of aliphatic hydroxyl groups excluding tert-OH is 1. The minimum Gasteiger partial charge on any atom is -0.475 e. The molecule has 0 saturated heterocycles. The van der Waals surface area contributed by atoms with Gasteiger partial charge in [-0.05, 0) is 6.42 Å². The number of fused-ring (bicyclic) bond motifs is 1. The number of aromatic nitrogens is 2. The summed E-state index contributed by atoms with van der Waals surface area (Å²) >= 11 is 0. The van der Waals surface area contributed by atoms with Crippen LogP contribution in [0.15, 0.2) is 4.79 Å². The molecule has 1 aromatic heterocycles. The number of aliphatic hydroxyl groups is 1. The highest BCUT2D eigenvalue weighted by Crippen LogP contribution is 2.13. The van der Waals surface area contributed by atoms with Gasteiger partial charge in [0.15, 0.2) is 0 Å². The lowest BCUT2D eigenvalue weighted by atomic mass is 10.1. The Morgan fingerprint density at radius 3 is 2.94 bits per heavy atom. The van der Waals surface area contributed by atoms with Gasteiger partial charge in [0.2, 0.25) is 5.82 Å². The normalized spacial score (nSPS) is 15.6. The van der Waals surface area contributed by atoms with Gasteiger partial charge in [-0.25, -0.2) is 9.78 Å². The quantitative estimate of drug-likeness (QED) is 0.613. The van der Waals surface area contributed by atoms with E-state index in [0.717, 1.165) is 0 Å². The van der Waals surface area contributed by atoms with E-state index in [9.17, 15) is 9.59 Å². The fraction of sp³-hybridized carbons (Fsp3) is 0.500. The van der Waals surface area contributed by atoms with Crippen molar-refractivity contribution in [2.24, 2.45) is 0 Å². The van der Waals surface area contributed by atoms with E-state index in [1.165, 1.54) is 0 Å². The van der Waals surface area contributed by atoms with Crippen LogP contribution in [-0.4, -0.2) is 50.7 Å². The number of carboxylic acids is 1. The zero-order valence-electron chi connectivity index (χ0n) is 9.14. The highest BCUT2D eigenvalue weighted by molar-refractivity contribution is 5.83. The molecule has 0 saturated carbocycles. The number of carbonyl (C=O) groups is 1. The van der Waals surface area contributed by atoms with Gasteiger partial charge in [-0.2, -0.15) is 0 Å². The first-order valence-electron chi connectivity index (χ1n) is 5.30. The predicted molar refractivity (Wildman–Crippen MR) is 57.9 cm³/mol. The van der Waals surface area contributed by atoms with Gasteiger partial charge in [-0.15, -0.1) is 0 Å². The van der Waals surface area contributed by atoms with Gasteiger partial charge in [-0.3, -0.25) is 9.69 Å². The van der Waals surface area contributed by atoms with Crippen LogP contribution in [0.5, 0.6) is 0 Å². The second kappa shape index (κ2) is 4.64. The molecule has 0 radical (unpaired) electrons. The van der Waals surface area contributed by atoms with E-state index in [4.69, 9.17) is 10.2 Å². The second-order valence-corrected chi connectivity index (χ2v) is 3.89. The fourth-order valence-corrected chi connectivity index (χ4v) is 1.93. The number of nitrogens with one attached hydrogen (secondary N) is 1. The average molecular weight is 239 g/mol. The molecule has 0 atom stereocenters. The van der Waals surface area contributed by atoms with Crippen LogP contribution in [0, 0.1) is 0 Å². The summed E-state index contributed by atoms with van der Waals surface area (Å²) in [5.41, 5.74) is 0.658. The van der Waals surface area contributed by atoms with Gasteiger partial charge in [0.25, 0.3) is 5.56 Å². The van der Waals surface area contributed by atoms with Crippen molar-refractivity contribution in [3.05, 3.63) is 27.4 Å². The van der Waals surface area contributed by atoms with Crippen LogP contribution >= 0.6 is 0 Å². The molecule has 1 aliphatic rings. The minimum absolute atomic E-state index is 0.0321. The van der Waals surface area contributed by atoms with Crippen molar-refractivity contribution in [3.8, 4) is 0 Å². The van der Waals surface area contributed by atoms with Gasteiger partial charge in [-0.1, -0.05) is 0 Å². The third-order valence-corrected chi connectivity index (χ3v) is 2.77. The maximum Gasteiger partial charge on any atom is 0.372 e. The van der Waals surface area contributed by atoms with Crippen molar-refractivity contribution < 1.29 is 15.0 Å². The second-order valence-electron chi connectivity index (χ2n) is 3.89. The summed E-state index contributed by atoms with van der Waals surface area (Å²) in [7, 11) is 0. The maximum atomic E-state index is 11.6. The first-order chi connectivity index (χ1) is 8.11. The molecule has 17 heavy (non-hydrogen) atoms. The van der Waals surface area contributed by atoms with E-state index in [2.05, 4.69) is 9.97 Å². The molecule has 0 bridgehead atoms. The summed E-state index contributed by atoms with van der Waals surface area (Å²) in [6.07, 6.45) is 0.525. The van der Waals surface area contributed by atoms with Crippen LogP contribution in [0.2, 0.25) is 0 Å². The van der Waals surface area contributed by atoms with E-state index in [-0.39, 0.29) is 18.0 Å². The SMILES string of the molecule is O=C(O)c1nc2c(c(=O)[nH]1)CCN(CCO)C2. The van der Waals surface area contributed by atoms with Crippen LogP contribution in [0.1, 0.15) is 21.9 Å². The van der Waals surface area contributed by atoms with Gasteiger partial charge in [0.05, 0.1) is 12.3 Å². The third-order valence-electron chi connectivity index (χ3n) is 2.77. The Hall–Kier alpha value is -1.73. The van der Waals surface area contributed by atoms with Crippen molar-refractivity contribution in [2.45, 2.75) is 13.0 Å². The van der Waals surface area contributed by atoms with Crippen LogP contribution in [0.25, 0.3) is 0 Å². The molecule has 1 aromatic rings. The van der Waals surface area contributed by atoms with E-state index >= 15 is 0 Å². The zero-order chi connectivity index (χ0) is 12.4. The molecule has 0 aliphatic carbocycles. The van der Waals surface area contributed by atoms with Gasteiger partial charge in [0.1, 0.15) is 0 Å². The molecule has 92 valence electrons. The topological polar surface area (TPSA) is 107 Å². The summed E-state index contributed by atoms with van der Waals surface area (Å²) in [6.45, 7) is 1.60. The molecule has 0 spiro atoms. The lowest BCUT2D eigenvalue weighted by molar-refractivity contribution is 0.0681. The van der Waals surface area contributed by atoms with E-state index in [1.54, 1.807) is 0 Å². The van der Waals surface area contributed by atoms with Crippen LogP contribution < -0.4 is 5.56 Å². The monoisotopic (exact) mass is 239 g/mol. The number of hydrogen-bond donors (Lipinski definition) is 3. The van der Waals surface area contributed by atoms with Crippen LogP contribution in [0.4, 0.5) is 0 Å². The number of rotatable bonds is 3. The Morgan fingerprint density at radius 1 is 1.53 bits per heavy atom. The number of aromatic carboxylic acids is 1. The highest BCUT2D eigenvalue weighted by Gasteiger charge is 2.21. The molecule has 7 nitrogen and oxygen atoms in total. The number of β-amino-alcohol motifs (C(OH)–C–C–N with tert-alkyl or cyclic N) is 1. The van der Waals surface area contributed by atoms with E-state index in [0.29, 0.717) is 37.3 Å². The standard InChI is InChI=1S/C10H13N3O4/c14-4-3-13-2-1-6-7(5-13)11-8(10(16)17)12-9(6)15/h14H,1-5H2,(H,16,17)(H,11,12,15). The van der Waals surface area contributed by atoms with Crippen molar-refractivity contribution in [2.75, 3.05) is 19.7 Å². The van der Waals surface area contributed by atoms with Crippen molar-refractivity contribution in [1.82, 2.24) is 14.9 Å². The first kappa shape index (κ1) is 11.7. The largest absolute Gasteiger partial charge is 0.475 e.